The Balaban J connectivity index is 2.01. The predicted molar refractivity (Wildman–Crippen MR) is 61.7 cm³/mol. The van der Waals surface area contributed by atoms with E-state index >= 15 is 0 Å². The lowest BCUT2D eigenvalue weighted by Gasteiger charge is -2.16. The second-order valence-electron chi connectivity index (χ2n) is 4.10. The van der Waals surface area contributed by atoms with Crippen LogP contribution in [0.15, 0.2) is 12.2 Å². The third-order valence-electron chi connectivity index (χ3n) is 2.54. The van der Waals surface area contributed by atoms with E-state index in [9.17, 15) is 4.79 Å². The van der Waals surface area contributed by atoms with Crippen molar-refractivity contribution in [3.8, 4) is 0 Å². The number of carboxylic acid groups (broad SMARTS) is 1. The van der Waals surface area contributed by atoms with Gasteiger partial charge in [0.2, 0.25) is 0 Å². The summed E-state index contributed by atoms with van der Waals surface area (Å²) in [6.45, 7) is 7.24. The molecule has 0 radical (unpaired) electrons. The molecule has 1 atom stereocenters. The van der Waals surface area contributed by atoms with Gasteiger partial charge in [-0.25, -0.2) is 4.79 Å². The smallest absolute Gasteiger partial charge is 0.330 e. The highest BCUT2D eigenvalue weighted by atomic mass is 16.7. The van der Waals surface area contributed by atoms with Crippen molar-refractivity contribution in [3.63, 3.8) is 0 Å². The van der Waals surface area contributed by atoms with Crippen LogP contribution in [-0.4, -0.2) is 43.3 Å². The zero-order chi connectivity index (χ0) is 12.7. The van der Waals surface area contributed by atoms with Crippen LogP contribution < -0.4 is 0 Å². The minimum atomic E-state index is -0.939. The third kappa shape index (κ3) is 5.81. The molecule has 98 valence electrons. The topological polar surface area (TPSA) is 65.0 Å². The molecular weight excluding hydrogens is 224 g/mol. The zero-order valence-corrected chi connectivity index (χ0v) is 10.2. The van der Waals surface area contributed by atoms with E-state index in [4.69, 9.17) is 19.3 Å². The fourth-order valence-corrected chi connectivity index (χ4v) is 1.56. The lowest BCUT2D eigenvalue weighted by Crippen LogP contribution is -2.19. The van der Waals surface area contributed by atoms with Crippen molar-refractivity contribution in [1.29, 1.82) is 0 Å². The van der Waals surface area contributed by atoms with Crippen molar-refractivity contribution in [3.05, 3.63) is 12.2 Å². The van der Waals surface area contributed by atoms with E-state index in [0.29, 0.717) is 39.1 Å². The Morgan fingerprint density at radius 2 is 2.18 bits per heavy atom. The van der Waals surface area contributed by atoms with Crippen LogP contribution in [0.25, 0.3) is 0 Å². The van der Waals surface area contributed by atoms with Crippen molar-refractivity contribution < 1.29 is 24.1 Å². The summed E-state index contributed by atoms with van der Waals surface area (Å²) in [5.74, 6) is -0.939. The fourth-order valence-electron chi connectivity index (χ4n) is 1.56. The number of aliphatic carboxylic acids is 1. The second kappa shape index (κ2) is 7.42. The standard InChI is InChI=1S/C12H20O5/c1-9(12(13)14)4-3-5-15-10(2)8-11-16-6-7-17-11/h10-11H,1,3-8H2,2H3,(H,13,14). The quantitative estimate of drug-likeness (QED) is 0.518. The number of carbonyl (C=O) groups is 1. The Labute approximate surface area is 101 Å². The van der Waals surface area contributed by atoms with Gasteiger partial charge < -0.3 is 19.3 Å². The lowest BCUT2D eigenvalue weighted by molar-refractivity contribution is -0.132. The first-order valence-corrected chi connectivity index (χ1v) is 5.85. The highest BCUT2D eigenvalue weighted by molar-refractivity contribution is 5.85. The average Bonchev–Trinajstić information content (AvgIpc) is 2.76. The number of hydrogen-bond donors (Lipinski definition) is 1. The second-order valence-corrected chi connectivity index (χ2v) is 4.10. The summed E-state index contributed by atoms with van der Waals surface area (Å²) in [6, 6.07) is 0. The van der Waals surface area contributed by atoms with E-state index < -0.39 is 5.97 Å². The summed E-state index contributed by atoms with van der Waals surface area (Å²) in [7, 11) is 0. The molecule has 5 heteroatoms. The molecule has 1 unspecified atom stereocenters. The van der Waals surface area contributed by atoms with Gasteiger partial charge in [-0.05, 0) is 19.8 Å². The minimum Gasteiger partial charge on any atom is -0.478 e. The van der Waals surface area contributed by atoms with E-state index in [2.05, 4.69) is 6.58 Å². The fraction of sp³-hybridized carbons (Fsp3) is 0.750. The first-order valence-electron chi connectivity index (χ1n) is 5.85. The maximum absolute atomic E-state index is 10.5. The van der Waals surface area contributed by atoms with Gasteiger partial charge in [0.15, 0.2) is 6.29 Å². The summed E-state index contributed by atoms with van der Waals surface area (Å²) < 4.78 is 16.2. The zero-order valence-electron chi connectivity index (χ0n) is 10.2. The number of rotatable bonds is 8. The Kier molecular flexibility index (Phi) is 6.18. The van der Waals surface area contributed by atoms with Gasteiger partial charge in [-0.15, -0.1) is 0 Å². The van der Waals surface area contributed by atoms with Crippen LogP contribution in [0.4, 0.5) is 0 Å². The van der Waals surface area contributed by atoms with E-state index in [1.165, 1.54) is 0 Å². The van der Waals surface area contributed by atoms with Gasteiger partial charge in [-0.2, -0.15) is 0 Å². The molecule has 1 fully saturated rings. The van der Waals surface area contributed by atoms with E-state index in [0.717, 1.165) is 0 Å². The molecular formula is C12H20O5. The van der Waals surface area contributed by atoms with Crippen molar-refractivity contribution in [2.45, 2.75) is 38.6 Å². The van der Waals surface area contributed by atoms with Crippen LogP contribution in [0.3, 0.4) is 0 Å². The van der Waals surface area contributed by atoms with E-state index in [1.54, 1.807) is 0 Å². The Morgan fingerprint density at radius 3 is 2.76 bits per heavy atom. The molecule has 0 spiro atoms. The van der Waals surface area contributed by atoms with Gasteiger partial charge in [0.25, 0.3) is 0 Å². The van der Waals surface area contributed by atoms with Gasteiger partial charge in [0.1, 0.15) is 0 Å². The first-order chi connectivity index (χ1) is 8.09. The van der Waals surface area contributed by atoms with Crippen LogP contribution in [0.5, 0.6) is 0 Å². The van der Waals surface area contributed by atoms with Crippen LogP contribution in [-0.2, 0) is 19.0 Å². The number of carboxylic acids is 1. The van der Waals surface area contributed by atoms with Crippen LogP contribution in [0.1, 0.15) is 26.2 Å². The van der Waals surface area contributed by atoms with Gasteiger partial charge in [-0.1, -0.05) is 6.58 Å². The molecule has 0 aromatic carbocycles. The maximum Gasteiger partial charge on any atom is 0.330 e. The monoisotopic (exact) mass is 244 g/mol. The van der Waals surface area contributed by atoms with Crippen molar-refractivity contribution in [2.24, 2.45) is 0 Å². The van der Waals surface area contributed by atoms with E-state index in [-0.39, 0.29) is 18.0 Å². The summed E-state index contributed by atoms with van der Waals surface area (Å²) >= 11 is 0. The molecule has 1 heterocycles. The molecule has 0 aromatic heterocycles. The minimum absolute atomic E-state index is 0.0520. The lowest BCUT2D eigenvalue weighted by atomic mass is 10.2. The molecule has 1 saturated heterocycles. The largest absolute Gasteiger partial charge is 0.478 e. The van der Waals surface area contributed by atoms with Crippen molar-refractivity contribution >= 4 is 5.97 Å². The number of ether oxygens (including phenoxy) is 3. The molecule has 0 saturated carbocycles. The van der Waals surface area contributed by atoms with Crippen molar-refractivity contribution in [2.75, 3.05) is 19.8 Å². The summed E-state index contributed by atoms with van der Waals surface area (Å²) in [5.41, 5.74) is 0.226. The molecule has 0 aromatic rings. The molecule has 0 aliphatic carbocycles. The summed E-state index contributed by atoms with van der Waals surface area (Å²) in [4.78, 5) is 10.5. The predicted octanol–water partition coefficient (Wildman–Crippen LogP) is 1.58. The van der Waals surface area contributed by atoms with Gasteiger partial charge in [0.05, 0.1) is 19.3 Å². The Morgan fingerprint density at radius 1 is 1.53 bits per heavy atom. The van der Waals surface area contributed by atoms with Crippen LogP contribution in [0.2, 0.25) is 0 Å². The molecule has 1 aliphatic rings. The third-order valence-corrected chi connectivity index (χ3v) is 2.54. The Bertz CT molecular complexity index is 258. The molecule has 1 aliphatic heterocycles. The van der Waals surface area contributed by atoms with E-state index in [1.807, 2.05) is 6.92 Å². The maximum atomic E-state index is 10.5. The van der Waals surface area contributed by atoms with Crippen molar-refractivity contribution in [1.82, 2.24) is 0 Å². The summed E-state index contributed by atoms with van der Waals surface area (Å²) in [5, 5.41) is 8.61. The van der Waals surface area contributed by atoms with Crippen LogP contribution >= 0.6 is 0 Å². The molecule has 17 heavy (non-hydrogen) atoms. The molecule has 1 N–H and O–H groups in total. The highest BCUT2D eigenvalue weighted by Gasteiger charge is 2.19. The normalized spacial score (nSPS) is 18.2. The first kappa shape index (κ1) is 14.2. The molecule has 1 rings (SSSR count). The molecule has 0 amide bonds. The molecule has 0 bridgehead atoms. The van der Waals surface area contributed by atoms with Gasteiger partial charge in [0, 0.05) is 18.6 Å². The van der Waals surface area contributed by atoms with Crippen LogP contribution in [0, 0.1) is 0 Å². The number of hydrogen-bond acceptors (Lipinski definition) is 4. The van der Waals surface area contributed by atoms with Gasteiger partial charge in [-0.3, -0.25) is 0 Å². The molecule has 5 nitrogen and oxygen atoms in total. The summed E-state index contributed by atoms with van der Waals surface area (Å²) in [6.07, 6.45) is 1.73. The Hall–Kier alpha value is -0.910. The SMILES string of the molecule is C=C(CCCOC(C)CC1OCCO1)C(=O)O. The highest BCUT2D eigenvalue weighted by Crippen LogP contribution is 2.13. The van der Waals surface area contributed by atoms with Gasteiger partial charge >= 0.3 is 5.97 Å². The average molecular weight is 244 g/mol.